The second-order valence-corrected chi connectivity index (χ2v) is 6.01. The van der Waals surface area contributed by atoms with E-state index in [2.05, 4.69) is 68.2 Å². The lowest BCUT2D eigenvalue weighted by atomic mass is 10.1. The molecule has 2 aromatic rings. The molecular weight excluding hydrogens is 292 g/mol. The summed E-state index contributed by atoms with van der Waals surface area (Å²) in [5, 5.41) is 0. The Bertz CT molecular complexity index is 699. The van der Waals surface area contributed by atoms with Gasteiger partial charge in [0, 0.05) is 6.21 Å². The van der Waals surface area contributed by atoms with Crippen LogP contribution in [0.25, 0.3) is 0 Å². The highest BCUT2D eigenvalue weighted by Crippen LogP contribution is 2.17. The van der Waals surface area contributed by atoms with Crippen LogP contribution in [0.5, 0.6) is 0 Å². The molecule has 0 aliphatic heterocycles. The van der Waals surface area contributed by atoms with Crippen molar-refractivity contribution < 1.29 is 0 Å². The Labute approximate surface area is 146 Å². The van der Waals surface area contributed by atoms with Crippen molar-refractivity contribution in [2.75, 3.05) is 0 Å². The SMILES string of the molecule is CCCCC(C=Nc1cccc(CC)c1)=Nc1cccc(CC)c1. The maximum Gasteiger partial charge on any atom is 0.0636 e. The minimum atomic E-state index is 0.962. The van der Waals surface area contributed by atoms with Crippen molar-refractivity contribution in [3.05, 3.63) is 59.7 Å². The summed E-state index contributed by atoms with van der Waals surface area (Å²) in [5.41, 5.74) is 5.70. The minimum absolute atomic E-state index is 0.962. The summed E-state index contributed by atoms with van der Waals surface area (Å²) in [6.07, 6.45) is 7.25. The number of aliphatic imine (C=N–C) groups is 2. The zero-order valence-electron chi connectivity index (χ0n) is 15.1. The van der Waals surface area contributed by atoms with Crippen LogP contribution in [0.1, 0.15) is 51.2 Å². The van der Waals surface area contributed by atoms with E-state index in [0.29, 0.717) is 0 Å². The number of benzene rings is 2. The second-order valence-electron chi connectivity index (χ2n) is 6.01. The second kappa shape index (κ2) is 9.82. The Balaban J connectivity index is 2.23. The summed E-state index contributed by atoms with van der Waals surface area (Å²) < 4.78 is 0. The van der Waals surface area contributed by atoms with Crippen LogP contribution in [0.3, 0.4) is 0 Å². The molecule has 0 saturated carbocycles. The standard InChI is InChI=1S/C22H28N2/c1-4-7-12-22(24-21-14-9-11-19(6-3)16-21)17-23-20-13-8-10-18(5-2)15-20/h8-11,13-17H,4-7,12H2,1-3H3. The number of rotatable bonds is 8. The minimum Gasteiger partial charge on any atom is -0.255 e. The summed E-state index contributed by atoms with van der Waals surface area (Å²) in [6, 6.07) is 16.9. The van der Waals surface area contributed by atoms with Crippen molar-refractivity contribution >= 4 is 23.3 Å². The van der Waals surface area contributed by atoms with Gasteiger partial charge in [-0.2, -0.15) is 0 Å². The summed E-state index contributed by atoms with van der Waals surface area (Å²) >= 11 is 0. The number of unbranched alkanes of at least 4 members (excludes halogenated alkanes) is 1. The first-order valence-corrected chi connectivity index (χ1v) is 9.04. The van der Waals surface area contributed by atoms with E-state index >= 15 is 0 Å². The van der Waals surface area contributed by atoms with Crippen molar-refractivity contribution in [3.63, 3.8) is 0 Å². The molecule has 0 fully saturated rings. The molecule has 2 heteroatoms. The van der Waals surface area contributed by atoms with Crippen molar-refractivity contribution in [1.29, 1.82) is 0 Å². The van der Waals surface area contributed by atoms with Crippen LogP contribution < -0.4 is 0 Å². The quantitative estimate of drug-likeness (QED) is 0.497. The highest BCUT2D eigenvalue weighted by Gasteiger charge is 1.99. The number of aryl methyl sites for hydroxylation is 2. The third-order valence-corrected chi connectivity index (χ3v) is 4.06. The van der Waals surface area contributed by atoms with Gasteiger partial charge in [0.25, 0.3) is 0 Å². The van der Waals surface area contributed by atoms with E-state index in [1.165, 1.54) is 11.1 Å². The zero-order chi connectivity index (χ0) is 17.2. The molecule has 0 saturated heterocycles. The molecule has 0 spiro atoms. The Morgan fingerprint density at radius 1 is 0.875 bits per heavy atom. The third-order valence-electron chi connectivity index (χ3n) is 4.06. The fraction of sp³-hybridized carbons (Fsp3) is 0.364. The first-order valence-electron chi connectivity index (χ1n) is 9.04. The number of nitrogens with zero attached hydrogens (tertiary/aromatic N) is 2. The zero-order valence-corrected chi connectivity index (χ0v) is 15.1. The molecule has 2 nitrogen and oxygen atoms in total. The molecule has 24 heavy (non-hydrogen) atoms. The Hall–Kier alpha value is -2.22. The van der Waals surface area contributed by atoms with Gasteiger partial charge in [0.2, 0.25) is 0 Å². The summed E-state index contributed by atoms with van der Waals surface area (Å²) in [7, 11) is 0. The first-order chi connectivity index (χ1) is 11.7. The van der Waals surface area contributed by atoms with Crippen LogP contribution in [0.15, 0.2) is 58.5 Å². The maximum atomic E-state index is 4.83. The largest absolute Gasteiger partial charge is 0.255 e. The topological polar surface area (TPSA) is 24.7 Å². The molecule has 2 rings (SSSR count). The molecule has 0 aliphatic rings. The molecule has 0 atom stereocenters. The number of hydrogen-bond acceptors (Lipinski definition) is 2. The lowest BCUT2D eigenvalue weighted by Gasteiger charge is -2.03. The van der Waals surface area contributed by atoms with Gasteiger partial charge in [0.1, 0.15) is 0 Å². The lowest BCUT2D eigenvalue weighted by Crippen LogP contribution is -1.99. The van der Waals surface area contributed by atoms with Crippen molar-refractivity contribution in [3.8, 4) is 0 Å². The van der Waals surface area contributed by atoms with Gasteiger partial charge in [-0.3, -0.25) is 9.98 Å². The molecule has 0 aliphatic carbocycles. The Kier molecular flexibility index (Phi) is 7.41. The fourth-order valence-electron chi connectivity index (χ4n) is 2.52. The molecule has 0 aromatic heterocycles. The van der Waals surface area contributed by atoms with Crippen LogP contribution in [0.4, 0.5) is 11.4 Å². The predicted molar refractivity (Wildman–Crippen MR) is 106 cm³/mol. The van der Waals surface area contributed by atoms with Gasteiger partial charge in [0.15, 0.2) is 0 Å². The van der Waals surface area contributed by atoms with E-state index in [1.54, 1.807) is 0 Å². The molecule has 0 N–H and O–H groups in total. The molecule has 126 valence electrons. The predicted octanol–water partition coefficient (Wildman–Crippen LogP) is 6.48. The average Bonchev–Trinajstić information content (AvgIpc) is 2.64. The van der Waals surface area contributed by atoms with Crippen LogP contribution in [0, 0.1) is 0 Å². The molecule has 0 unspecified atom stereocenters. The van der Waals surface area contributed by atoms with Gasteiger partial charge in [-0.25, -0.2) is 0 Å². The Morgan fingerprint density at radius 2 is 1.50 bits per heavy atom. The van der Waals surface area contributed by atoms with Crippen LogP contribution >= 0.6 is 0 Å². The highest BCUT2D eigenvalue weighted by molar-refractivity contribution is 6.31. The number of hydrogen-bond donors (Lipinski definition) is 0. The van der Waals surface area contributed by atoms with E-state index < -0.39 is 0 Å². The highest BCUT2D eigenvalue weighted by atomic mass is 14.8. The lowest BCUT2D eigenvalue weighted by molar-refractivity contribution is 0.839. The van der Waals surface area contributed by atoms with Gasteiger partial charge < -0.3 is 0 Å². The van der Waals surface area contributed by atoms with Gasteiger partial charge in [0.05, 0.1) is 17.1 Å². The van der Waals surface area contributed by atoms with E-state index in [4.69, 9.17) is 4.99 Å². The third kappa shape index (κ3) is 5.77. The Morgan fingerprint density at radius 3 is 2.12 bits per heavy atom. The van der Waals surface area contributed by atoms with Crippen LogP contribution in [-0.2, 0) is 12.8 Å². The van der Waals surface area contributed by atoms with Gasteiger partial charge in [-0.15, -0.1) is 0 Å². The van der Waals surface area contributed by atoms with Gasteiger partial charge in [-0.1, -0.05) is 51.5 Å². The molecule has 0 radical (unpaired) electrons. The van der Waals surface area contributed by atoms with E-state index in [-0.39, 0.29) is 0 Å². The van der Waals surface area contributed by atoms with Crippen molar-refractivity contribution in [2.45, 2.75) is 52.9 Å². The molecule has 0 bridgehead atoms. The summed E-state index contributed by atoms with van der Waals surface area (Å²) in [6.45, 7) is 6.54. The molecule has 0 amide bonds. The molecule has 0 heterocycles. The monoisotopic (exact) mass is 320 g/mol. The summed E-state index contributed by atoms with van der Waals surface area (Å²) in [4.78, 5) is 9.48. The van der Waals surface area contributed by atoms with Crippen LogP contribution in [-0.4, -0.2) is 11.9 Å². The fourth-order valence-corrected chi connectivity index (χ4v) is 2.52. The van der Waals surface area contributed by atoms with E-state index in [9.17, 15) is 0 Å². The van der Waals surface area contributed by atoms with Crippen molar-refractivity contribution in [1.82, 2.24) is 0 Å². The van der Waals surface area contributed by atoms with Gasteiger partial charge >= 0.3 is 0 Å². The average molecular weight is 320 g/mol. The first kappa shape index (κ1) is 18.1. The molecule has 2 aromatic carbocycles. The normalized spacial score (nSPS) is 12.0. The smallest absolute Gasteiger partial charge is 0.0636 e. The maximum absolute atomic E-state index is 4.83. The van der Waals surface area contributed by atoms with Crippen molar-refractivity contribution in [2.24, 2.45) is 9.98 Å². The summed E-state index contributed by atoms with van der Waals surface area (Å²) in [5.74, 6) is 0. The van der Waals surface area contributed by atoms with E-state index in [1.807, 2.05) is 12.3 Å². The van der Waals surface area contributed by atoms with E-state index in [0.717, 1.165) is 49.2 Å². The molecular formula is C22H28N2. The van der Waals surface area contributed by atoms with Crippen LogP contribution in [0.2, 0.25) is 0 Å². The van der Waals surface area contributed by atoms with Gasteiger partial charge in [-0.05, 0) is 61.1 Å².